The molecule has 1 saturated heterocycles. The van der Waals surface area contributed by atoms with Crippen molar-refractivity contribution in [3.63, 3.8) is 0 Å². The van der Waals surface area contributed by atoms with Crippen LogP contribution in [0.2, 0.25) is 0 Å². The second-order valence-corrected chi connectivity index (χ2v) is 7.94. The summed E-state index contributed by atoms with van der Waals surface area (Å²) in [7, 11) is 1.63. The van der Waals surface area contributed by atoms with Gasteiger partial charge in [0.25, 0.3) is 5.91 Å². The minimum Gasteiger partial charge on any atom is -0.403 e. The zero-order valence-corrected chi connectivity index (χ0v) is 16.9. The van der Waals surface area contributed by atoms with Crippen LogP contribution in [0.1, 0.15) is 28.2 Å². The van der Waals surface area contributed by atoms with Crippen molar-refractivity contribution in [2.75, 3.05) is 31.6 Å². The molecule has 2 aliphatic heterocycles. The molecule has 0 aliphatic carbocycles. The summed E-state index contributed by atoms with van der Waals surface area (Å²) in [4.78, 5) is 34.3. The highest BCUT2D eigenvalue weighted by atomic mass is 32.1. The number of hydrogen-bond donors (Lipinski definition) is 1. The summed E-state index contributed by atoms with van der Waals surface area (Å²) in [5.74, 6) is 0.391. The van der Waals surface area contributed by atoms with Crippen molar-refractivity contribution in [1.29, 1.82) is 0 Å². The molecule has 0 spiro atoms. The summed E-state index contributed by atoms with van der Waals surface area (Å²) in [5, 5.41) is 0.696. The van der Waals surface area contributed by atoms with E-state index in [1.54, 1.807) is 30.6 Å². The molecule has 1 atom stereocenters. The second-order valence-electron chi connectivity index (χ2n) is 6.94. The normalized spacial score (nSPS) is 20.4. The smallest absolute Gasteiger partial charge is 0.270 e. The quantitative estimate of drug-likeness (QED) is 0.767. The Kier molecular flexibility index (Phi) is 5.52. The average Bonchev–Trinajstić information content (AvgIpc) is 3.18. The third-order valence-corrected chi connectivity index (χ3v) is 6.12. The molecule has 4 heterocycles. The first-order valence-electron chi connectivity index (χ1n) is 9.47. The van der Waals surface area contributed by atoms with Crippen LogP contribution in [0.25, 0.3) is 10.6 Å². The van der Waals surface area contributed by atoms with Gasteiger partial charge in [-0.05, 0) is 12.8 Å². The molecular formula is C19H22FN7OS. The van der Waals surface area contributed by atoms with Gasteiger partial charge < -0.3 is 15.5 Å². The third kappa shape index (κ3) is 3.84. The van der Waals surface area contributed by atoms with Gasteiger partial charge in [-0.15, -0.1) is 11.3 Å². The fourth-order valence-electron chi connectivity index (χ4n) is 3.54. The first kappa shape index (κ1) is 19.4. The van der Waals surface area contributed by atoms with Crippen LogP contribution in [0, 0.1) is 0 Å². The molecule has 2 aromatic rings. The number of rotatable bonds is 4. The Balaban J connectivity index is 1.55. The number of halogens is 1. The van der Waals surface area contributed by atoms with Gasteiger partial charge in [-0.3, -0.25) is 9.79 Å². The highest BCUT2D eigenvalue weighted by Crippen LogP contribution is 2.32. The van der Waals surface area contributed by atoms with Gasteiger partial charge in [-0.1, -0.05) is 0 Å². The molecule has 0 aromatic carbocycles. The van der Waals surface area contributed by atoms with Crippen molar-refractivity contribution in [2.24, 2.45) is 10.7 Å². The van der Waals surface area contributed by atoms with Gasteiger partial charge in [0, 0.05) is 56.9 Å². The van der Waals surface area contributed by atoms with E-state index in [2.05, 4.69) is 19.9 Å². The van der Waals surface area contributed by atoms with Gasteiger partial charge >= 0.3 is 0 Å². The number of anilines is 1. The van der Waals surface area contributed by atoms with E-state index in [0.29, 0.717) is 47.5 Å². The van der Waals surface area contributed by atoms with Crippen molar-refractivity contribution < 1.29 is 9.18 Å². The maximum atomic E-state index is 13.6. The number of amides is 1. The molecule has 2 aromatic heterocycles. The fraction of sp³-hybridized carbons (Fsp3) is 0.421. The number of alkyl halides is 1. The Morgan fingerprint density at radius 2 is 2.17 bits per heavy atom. The molecule has 0 radical (unpaired) electrons. The molecule has 8 nitrogen and oxygen atoms in total. The van der Waals surface area contributed by atoms with Crippen LogP contribution in [0.15, 0.2) is 29.3 Å². The topological polar surface area (TPSA) is 101 Å². The van der Waals surface area contributed by atoms with Crippen molar-refractivity contribution in [1.82, 2.24) is 19.9 Å². The molecule has 4 rings (SSSR count). The van der Waals surface area contributed by atoms with Gasteiger partial charge in [0.2, 0.25) is 5.95 Å². The second kappa shape index (κ2) is 8.24. The lowest BCUT2D eigenvalue weighted by Gasteiger charge is -2.28. The summed E-state index contributed by atoms with van der Waals surface area (Å²) < 4.78 is 13.6. The number of carbonyl (C=O) groups excluding carboxylic acids is 1. The standard InChI is InChI=1S/C19H22FN7OS/c1-22-10-14(7-21)27-6-4-15-16(18(27)28)29-17(25-15)12-8-23-19(24-9-12)26-5-2-3-13(20)11-26/h7-10,13H,2-6,11,21H2,1H3/t13-/m0/s1. The molecule has 0 saturated carbocycles. The van der Waals surface area contributed by atoms with Gasteiger partial charge in [-0.25, -0.2) is 19.3 Å². The molecule has 10 heteroatoms. The molecule has 2 N–H and O–H groups in total. The zero-order valence-electron chi connectivity index (χ0n) is 16.1. The molecule has 0 bridgehead atoms. The zero-order chi connectivity index (χ0) is 20.4. The lowest BCUT2D eigenvalue weighted by molar-refractivity contribution is 0.0805. The van der Waals surface area contributed by atoms with E-state index in [1.807, 2.05) is 4.90 Å². The molecule has 0 unspecified atom stereocenters. The molecule has 1 fully saturated rings. The average molecular weight is 415 g/mol. The van der Waals surface area contributed by atoms with E-state index in [0.717, 1.165) is 24.2 Å². The van der Waals surface area contributed by atoms with Gasteiger partial charge in [0.15, 0.2) is 0 Å². The van der Waals surface area contributed by atoms with Crippen LogP contribution in [0.3, 0.4) is 0 Å². The van der Waals surface area contributed by atoms with Crippen molar-refractivity contribution in [3.8, 4) is 10.6 Å². The van der Waals surface area contributed by atoms with E-state index >= 15 is 0 Å². The largest absolute Gasteiger partial charge is 0.403 e. The number of aliphatic imine (C=N–C) groups is 1. The van der Waals surface area contributed by atoms with Crippen LogP contribution in [0.5, 0.6) is 0 Å². The SMILES string of the molecule is CN=CC(=CN)N1CCc2nc(-c3cnc(N4CCC[C@H](F)C4)nc3)sc2C1=O. The Hall–Kier alpha value is -2.88. The first-order chi connectivity index (χ1) is 14.1. The number of piperidine rings is 1. The van der Waals surface area contributed by atoms with Crippen LogP contribution in [-0.2, 0) is 6.42 Å². The predicted molar refractivity (Wildman–Crippen MR) is 111 cm³/mol. The van der Waals surface area contributed by atoms with Gasteiger partial charge in [0.1, 0.15) is 16.1 Å². The number of nitrogens with two attached hydrogens (primary N) is 1. The van der Waals surface area contributed by atoms with Crippen molar-refractivity contribution in [3.05, 3.63) is 34.9 Å². The Labute approximate surface area is 172 Å². The fourth-order valence-corrected chi connectivity index (χ4v) is 4.57. The number of aromatic nitrogens is 3. The summed E-state index contributed by atoms with van der Waals surface area (Å²) >= 11 is 1.32. The maximum Gasteiger partial charge on any atom is 0.270 e. The molecule has 2 aliphatic rings. The van der Waals surface area contributed by atoms with Crippen LogP contribution >= 0.6 is 11.3 Å². The van der Waals surface area contributed by atoms with Crippen LogP contribution in [-0.4, -0.2) is 64.8 Å². The number of fused-ring (bicyclic) bond motifs is 1. The van der Waals surface area contributed by atoms with E-state index < -0.39 is 6.17 Å². The number of thiazole rings is 1. The van der Waals surface area contributed by atoms with Gasteiger partial charge in [-0.2, -0.15) is 0 Å². The van der Waals surface area contributed by atoms with Gasteiger partial charge in [0.05, 0.1) is 17.9 Å². The summed E-state index contributed by atoms with van der Waals surface area (Å²) in [6, 6.07) is 0. The maximum absolute atomic E-state index is 13.6. The van der Waals surface area contributed by atoms with Crippen LogP contribution < -0.4 is 10.6 Å². The lowest BCUT2D eigenvalue weighted by atomic mass is 10.1. The summed E-state index contributed by atoms with van der Waals surface area (Å²) in [5.41, 5.74) is 7.73. The minimum absolute atomic E-state index is 0.133. The Bertz CT molecular complexity index is 956. The van der Waals surface area contributed by atoms with E-state index in [4.69, 9.17) is 5.73 Å². The number of nitrogens with zero attached hydrogens (tertiary/aromatic N) is 6. The van der Waals surface area contributed by atoms with Crippen molar-refractivity contribution >= 4 is 29.4 Å². The monoisotopic (exact) mass is 415 g/mol. The third-order valence-electron chi connectivity index (χ3n) is 4.98. The molecule has 152 valence electrons. The first-order valence-corrected chi connectivity index (χ1v) is 10.3. The number of carbonyl (C=O) groups is 1. The molecule has 1 amide bonds. The van der Waals surface area contributed by atoms with E-state index in [-0.39, 0.29) is 5.91 Å². The van der Waals surface area contributed by atoms with E-state index in [9.17, 15) is 9.18 Å². The van der Waals surface area contributed by atoms with E-state index in [1.165, 1.54) is 17.5 Å². The number of hydrogen-bond acceptors (Lipinski definition) is 8. The number of allylic oxidation sites excluding steroid dienone is 1. The molecular weight excluding hydrogens is 393 g/mol. The minimum atomic E-state index is -0.836. The molecule has 29 heavy (non-hydrogen) atoms. The highest BCUT2D eigenvalue weighted by Gasteiger charge is 2.30. The van der Waals surface area contributed by atoms with Crippen molar-refractivity contribution in [2.45, 2.75) is 25.4 Å². The summed E-state index contributed by atoms with van der Waals surface area (Å²) in [6.07, 6.45) is 7.51. The Morgan fingerprint density at radius 1 is 1.38 bits per heavy atom. The van der Waals surface area contributed by atoms with Crippen LogP contribution in [0.4, 0.5) is 10.3 Å². The highest BCUT2D eigenvalue weighted by molar-refractivity contribution is 7.17. The summed E-state index contributed by atoms with van der Waals surface area (Å²) in [6.45, 7) is 1.58. The Morgan fingerprint density at radius 3 is 2.86 bits per heavy atom. The lowest BCUT2D eigenvalue weighted by Crippen LogP contribution is -2.37. The predicted octanol–water partition coefficient (Wildman–Crippen LogP) is 2.04.